The number of halogens is 1. The first kappa shape index (κ1) is 9.93. The molecule has 12 heavy (non-hydrogen) atoms. The van der Waals surface area contributed by atoms with Crippen molar-refractivity contribution in [3.8, 4) is 0 Å². The third-order valence-corrected chi connectivity index (χ3v) is 2.68. The van der Waals surface area contributed by atoms with Crippen LogP contribution in [0.4, 0.5) is 4.39 Å². The first-order chi connectivity index (χ1) is 5.57. The van der Waals surface area contributed by atoms with Crippen molar-refractivity contribution in [1.29, 1.82) is 0 Å². The van der Waals surface area contributed by atoms with Crippen LogP contribution >= 0.6 is 0 Å². The van der Waals surface area contributed by atoms with Crippen LogP contribution in [0.15, 0.2) is 0 Å². The summed E-state index contributed by atoms with van der Waals surface area (Å²) < 4.78 is 18.4. The average Bonchev–Trinajstić information content (AvgIpc) is 2.27. The molecule has 0 aromatic carbocycles. The summed E-state index contributed by atoms with van der Waals surface area (Å²) in [6, 6.07) is 0.600. The highest BCUT2D eigenvalue weighted by Gasteiger charge is 2.40. The maximum absolute atomic E-state index is 13.3. The third-order valence-electron chi connectivity index (χ3n) is 2.68. The van der Waals surface area contributed by atoms with E-state index < -0.39 is 6.17 Å². The van der Waals surface area contributed by atoms with Crippen molar-refractivity contribution in [3.63, 3.8) is 0 Å². The molecule has 0 amide bonds. The molecule has 1 saturated heterocycles. The molecule has 0 saturated carbocycles. The highest BCUT2D eigenvalue weighted by Crippen LogP contribution is 2.24. The van der Waals surface area contributed by atoms with Crippen molar-refractivity contribution < 1.29 is 9.13 Å². The fraction of sp³-hybridized carbons (Fsp3) is 1.00. The lowest BCUT2D eigenvalue weighted by molar-refractivity contribution is 0.0352. The van der Waals surface area contributed by atoms with Crippen molar-refractivity contribution in [2.75, 3.05) is 13.7 Å². The molecule has 0 aromatic heterocycles. The number of ether oxygens (including phenoxy) is 1. The number of likely N-dealkylation sites (tertiary alicyclic amines) is 1. The van der Waals surface area contributed by atoms with Crippen LogP contribution in [0.5, 0.6) is 0 Å². The minimum Gasteiger partial charge on any atom is -0.377 e. The van der Waals surface area contributed by atoms with Gasteiger partial charge in [-0.3, -0.25) is 4.90 Å². The second kappa shape index (κ2) is 3.71. The Hall–Kier alpha value is -0.150. The smallest absolute Gasteiger partial charge is 0.140 e. The molecule has 3 atom stereocenters. The Labute approximate surface area is 73.7 Å². The molecule has 0 spiro atoms. The molecule has 1 heterocycles. The van der Waals surface area contributed by atoms with Crippen molar-refractivity contribution in [2.45, 2.75) is 45.1 Å². The lowest BCUT2D eigenvalue weighted by Crippen LogP contribution is -2.38. The molecule has 0 radical (unpaired) electrons. The van der Waals surface area contributed by atoms with Crippen molar-refractivity contribution in [1.82, 2.24) is 4.90 Å². The van der Waals surface area contributed by atoms with Crippen LogP contribution in [-0.2, 0) is 4.74 Å². The topological polar surface area (TPSA) is 12.5 Å². The van der Waals surface area contributed by atoms with E-state index in [2.05, 4.69) is 18.7 Å². The van der Waals surface area contributed by atoms with Gasteiger partial charge in [0.15, 0.2) is 0 Å². The zero-order valence-corrected chi connectivity index (χ0v) is 8.25. The summed E-state index contributed by atoms with van der Waals surface area (Å²) in [5.74, 6) is 0. The second-order valence-electron chi connectivity index (χ2n) is 3.75. The van der Waals surface area contributed by atoms with Gasteiger partial charge >= 0.3 is 0 Å². The molecular formula is C9H18FNO. The van der Waals surface area contributed by atoms with Crippen molar-refractivity contribution in [3.05, 3.63) is 0 Å². The number of alkyl halides is 1. The monoisotopic (exact) mass is 175 g/mol. The summed E-state index contributed by atoms with van der Waals surface area (Å²) >= 11 is 0. The molecule has 3 unspecified atom stereocenters. The van der Waals surface area contributed by atoms with Gasteiger partial charge in [0.2, 0.25) is 0 Å². The number of hydrogen-bond donors (Lipinski definition) is 0. The van der Waals surface area contributed by atoms with E-state index in [0.29, 0.717) is 12.6 Å². The van der Waals surface area contributed by atoms with Gasteiger partial charge in [0.25, 0.3) is 0 Å². The second-order valence-corrected chi connectivity index (χ2v) is 3.75. The number of rotatable bonds is 2. The maximum Gasteiger partial charge on any atom is 0.140 e. The quantitative estimate of drug-likeness (QED) is 0.630. The van der Waals surface area contributed by atoms with Crippen LogP contribution in [-0.4, -0.2) is 42.9 Å². The first-order valence-corrected chi connectivity index (χ1v) is 4.50. The fourth-order valence-corrected chi connectivity index (χ4v) is 1.99. The summed E-state index contributed by atoms with van der Waals surface area (Å²) in [5.41, 5.74) is 0. The van der Waals surface area contributed by atoms with Gasteiger partial charge in [-0.1, -0.05) is 0 Å². The van der Waals surface area contributed by atoms with Gasteiger partial charge in [-0.2, -0.15) is 0 Å². The molecule has 0 bridgehead atoms. The van der Waals surface area contributed by atoms with E-state index in [9.17, 15) is 4.39 Å². The zero-order valence-electron chi connectivity index (χ0n) is 8.25. The van der Waals surface area contributed by atoms with Crippen LogP contribution in [0.2, 0.25) is 0 Å². The molecule has 72 valence electrons. The number of methoxy groups -OCH3 is 1. The van der Waals surface area contributed by atoms with Crippen LogP contribution < -0.4 is 0 Å². The summed E-state index contributed by atoms with van der Waals surface area (Å²) in [6.45, 7) is 6.70. The van der Waals surface area contributed by atoms with Gasteiger partial charge < -0.3 is 4.74 Å². The van der Waals surface area contributed by atoms with Crippen LogP contribution in [0.1, 0.15) is 20.8 Å². The Morgan fingerprint density at radius 3 is 2.33 bits per heavy atom. The molecule has 1 aliphatic heterocycles. The SMILES string of the molecule is COC1C(F)CN(C(C)C)C1C. The highest BCUT2D eigenvalue weighted by atomic mass is 19.1. The van der Waals surface area contributed by atoms with E-state index in [1.807, 2.05) is 6.92 Å². The largest absolute Gasteiger partial charge is 0.377 e. The summed E-state index contributed by atoms with van der Waals surface area (Å²) in [6.07, 6.45) is -1.07. The van der Waals surface area contributed by atoms with E-state index in [0.717, 1.165) is 0 Å². The van der Waals surface area contributed by atoms with Gasteiger partial charge in [0.05, 0.1) is 0 Å². The van der Waals surface area contributed by atoms with Gasteiger partial charge in [0, 0.05) is 25.7 Å². The first-order valence-electron chi connectivity index (χ1n) is 4.50. The van der Waals surface area contributed by atoms with Gasteiger partial charge in [0.1, 0.15) is 12.3 Å². The fourth-order valence-electron chi connectivity index (χ4n) is 1.99. The summed E-state index contributed by atoms with van der Waals surface area (Å²) in [4.78, 5) is 2.14. The summed E-state index contributed by atoms with van der Waals surface area (Å²) in [7, 11) is 1.58. The van der Waals surface area contributed by atoms with Crippen molar-refractivity contribution >= 4 is 0 Å². The minimum atomic E-state index is -0.826. The molecule has 3 heteroatoms. The Kier molecular flexibility index (Phi) is 3.07. The highest BCUT2D eigenvalue weighted by molar-refractivity contribution is 4.93. The summed E-state index contributed by atoms with van der Waals surface area (Å²) in [5, 5.41) is 0. The Balaban J connectivity index is 2.62. The number of nitrogens with zero attached hydrogens (tertiary/aromatic N) is 1. The van der Waals surface area contributed by atoms with E-state index in [1.54, 1.807) is 7.11 Å². The molecule has 2 nitrogen and oxygen atoms in total. The Bertz CT molecular complexity index is 151. The standard InChI is InChI=1S/C9H18FNO/c1-6(2)11-5-8(10)9(12-4)7(11)3/h6-9H,5H2,1-4H3. The average molecular weight is 175 g/mol. The number of hydrogen-bond acceptors (Lipinski definition) is 2. The Morgan fingerprint density at radius 2 is 2.08 bits per heavy atom. The zero-order chi connectivity index (χ0) is 9.30. The third kappa shape index (κ3) is 1.62. The molecule has 1 fully saturated rings. The molecule has 0 aliphatic carbocycles. The predicted molar refractivity (Wildman–Crippen MR) is 47.0 cm³/mol. The minimum absolute atomic E-state index is 0.199. The van der Waals surface area contributed by atoms with Gasteiger partial charge in [-0.15, -0.1) is 0 Å². The molecule has 0 aromatic rings. The molecule has 1 rings (SSSR count). The molecular weight excluding hydrogens is 157 g/mol. The van der Waals surface area contributed by atoms with Crippen molar-refractivity contribution in [2.24, 2.45) is 0 Å². The van der Waals surface area contributed by atoms with Crippen LogP contribution in [0.25, 0.3) is 0 Å². The Morgan fingerprint density at radius 1 is 1.50 bits per heavy atom. The lowest BCUT2D eigenvalue weighted by Gasteiger charge is -2.26. The van der Waals surface area contributed by atoms with E-state index >= 15 is 0 Å². The van der Waals surface area contributed by atoms with E-state index in [4.69, 9.17) is 4.74 Å². The van der Waals surface area contributed by atoms with E-state index in [-0.39, 0.29) is 12.1 Å². The maximum atomic E-state index is 13.3. The van der Waals surface area contributed by atoms with Crippen LogP contribution in [0.3, 0.4) is 0 Å². The van der Waals surface area contributed by atoms with Gasteiger partial charge in [-0.05, 0) is 20.8 Å². The predicted octanol–water partition coefficient (Wildman–Crippen LogP) is 1.45. The van der Waals surface area contributed by atoms with E-state index in [1.165, 1.54) is 0 Å². The normalized spacial score (nSPS) is 38.0. The lowest BCUT2D eigenvalue weighted by atomic mass is 10.2. The molecule has 0 N–H and O–H groups in total. The molecule has 1 aliphatic rings. The van der Waals surface area contributed by atoms with Crippen LogP contribution in [0, 0.1) is 0 Å². The van der Waals surface area contributed by atoms with Gasteiger partial charge in [-0.25, -0.2) is 4.39 Å².